The molecule has 0 bridgehead atoms. The summed E-state index contributed by atoms with van der Waals surface area (Å²) in [5.74, 6) is -1.81. The summed E-state index contributed by atoms with van der Waals surface area (Å²) in [7, 11) is 0. The molecule has 5 nitrogen and oxygen atoms in total. The molecule has 0 aliphatic carbocycles. The van der Waals surface area contributed by atoms with E-state index in [9.17, 15) is 26.7 Å². The zero-order chi connectivity index (χ0) is 30.8. The Hall–Kier alpha value is -4.99. The van der Waals surface area contributed by atoms with E-state index in [0.29, 0.717) is 11.6 Å². The summed E-state index contributed by atoms with van der Waals surface area (Å²) in [6, 6.07) is 22.5. The molecule has 0 radical (unpaired) electrons. The van der Waals surface area contributed by atoms with Gasteiger partial charge in [0.05, 0.1) is 23.1 Å². The Bertz CT molecular complexity index is 1710. The molecular weight excluding hydrogens is 563 g/mol. The Morgan fingerprint density at radius 2 is 1.44 bits per heavy atom. The van der Waals surface area contributed by atoms with E-state index in [1.165, 1.54) is 12.1 Å². The van der Waals surface area contributed by atoms with Gasteiger partial charge >= 0.3 is 12.2 Å². The lowest BCUT2D eigenvalue weighted by Crippen LogP contribution is -2.50. The van der Waals surface area contributed by atoms with E-state index in [0.717, 1.165) is 41.3 Å². The first-order valence-electron chi connectivity index (χ1n) is 13.3. The van der Waals surface area contributed by atoms with Gasteiger partial charge in [-0.1, -0.05) is 42.5 Å². The summed E-state index contributed by atoms with van der Waals surface area (Å²) in [5.41, 5.74) is 0.976. The molecule has 2 aromatic heterocycles. The lowest BCUT2D eigenvalue weighted by Gasteiger charge is -2.36. The molecule has 1 atom stereocenters. The number of halogens is 5. The number of rotatable bonds is 7. The number of benzene rings is 3. The van der Waals surface area contributed by atoms with Crippen molar-refractivity contribution in [2.75, 3.05) is 5.32 Å². The second-order valence-corrected chi connectivity index (χ2v) is 10.2. The topological polar surface area (TPSA) is 59.0 Å². The second-order valence-electron chi connectivity index (χ2n) is 10.2. The first-order chi connectivity index (χ1) is 20.4. The number of aromatic nitrogens is 2. The standard InChI is InChI=1S/C33H27F5N4O/c1-21-11-12-22(2)42(21)29-13-14-30(39-20-29)32(19-23-7-4-3-5-8-23,24-9-6-10-25(15-24)33(36,37)38)41-31(43)40-28-17-26(34)16-27(35)18-28/h3-18,20H,19H2,1-2H3,(H2,40,41,43). The van der Waals surface area contributed by atoms with Gasteiger partial charge in [-0.2, -0.15) is 13.2 Å². The number of alkyl halides is 3. The summed E-state index contributed by atoms with van der Waals surface area (Å²) in [6.45, 7) is 3.87. The minimum absolute atomic E-state index is 0.00794. The van der Waals surface area contributed by atoms with Crippen LogP contribution in [0.4, 0.5) is 32.4 Å². The molecule has 220 valence electrons. The molecule has 3 aromatic carbocycles. The van der Waals surface area contributed by atoms with Crippen LogP contribution >= 0.6 is 0 Å². The van der Waals surface area contributed by atoms with Crippen molar-refractivity contribution >= 4 is 11.7 Å². The monoisotopic (exact) mass is 590 g/mol. The van der Waals surface area contributed by atoms with Gasteiger partial charge in [0.1, 0.15) is 17.2 Å². The van der Waals surface area contributed by atoms with E-state index >= 15 is 0 Å². The van der Waals surface area contributed by atoms with Gasteiger partial charge in [0.2, 0.25) is 0 Å². The Morgan fingerprint density at radius 1 is 0.791 bits per heavy atom. The number of aryl methyl sites for hydroxylation is 2. The Labute approximate surface area is 245 Å². The number of carbonyl (C=O) groups excluding carboxylic acids is 1. The second kappa shape index (κ2) is 11.7. The Balaban J connectivity index is 1.67. The number of nitrogens with zero attached hydrogens (tertiary/aromatic N) is 2. The van der Waals surface area contributed by atoms with Crippen LogP contribution in [0.25, 0.3) is 5.69 Å². The van der Waals surface area contributed by atoms with Crippen LogP contribution in [0.3, 0.4) is 0 Å². The fourth-order valence-electron chi connectivity index (χ4n) is 5.21. The highest BCUT2D eigenvalue weighted by Gasteiger charge is 2.40. The third-order valence-corrected chi connectivity index (χ3v) is 7.16. The van der Waals surface area contributed by atoms with Gasteiger partial charge in [0.15, 0.2) is 0 Å². The van der Waals surface area contributed by atoms with Crippen molar-refractivity contribution in [3.8, 4) is 5.69 Å². The molecule has 10 heteroatoms. The summed E-state index contributed by atoms with van der Waals surface area (Å²) >= 11 is 0. The summed E-state index contributed by atoms with van der Waals surface area (Å²) in [6.07, 6.45) is -3.06. The number of amides is 2. The molecule has 0 saturated carbocycles. The normalized spacial score (nSPS) is 12.9. The molecule has 2 N–H and O–H groups in total. The molecule has 2 heterocycles. The first kappa shape index (κ1) is 29.5. The fraction of sp³-hybridized carbons (Fsp3) is 0.152. The molecular formula is C33H27F5N4O. The zero-order valence-electron chi connectivity index (χ0n) is 23.2. The average Bonchev–Trinajstić information content (AvgIpc) is 3.29. The van der Waals surface area contributed by atoms with Gasteiger partial charge in [0.25, 0.3) is 0 Å². The highest BCUT2D eigenvalue weighted by Crippen LogP contribution is 2.37. The smallest absolute Gasteiger partial charge is 0.322 e. The van der Waals surface area contributed by atoms with Crippen LogP contribution < -0.4 is 10.6 Å². The van der Waals surface area contributed by atoms with Crippen LogP contribution in [-0.2, 0) is 18.1 Å². The maximum absolute atomic E-state index is 13.9. The number of pyridine rings is 1. The van der Waals surface area contributed by atoms with Crippen LogP contribution in [-0.4, -0.2) is 15.6 Å². The molecule has 0 spiro atoms. The van der Waals surface area contributed by atoms with Gasteiger partial charge in [-0.25, -0.2) is 13.6 Å². The highest BCUT2D eigenvalue weighted by molar-refractivity contribution is 5.90. The summed E-state index contributed by atoms with van der Waals surface area (Å²) in [5, 5.41) is 5.24. The zero-order valence-corrected chi connectivity index (χ0v) is 23.2. The molecule has 0 aliphatic heterocycles. The van der Waals surface area contributed by atoms with Crippen LogP contribution in [0.15, 0.2) is 103 Å². The Morgan fingerprint density at radius 3 is 2.05 bits per heavy atom. The van der Waals surface area contributed by atoms with Crippen LogP contribution in [0.5, 0.6) is 0 Å². The minimum Gasteiger partial charge on any atom is -0.322 e. The maximum atomic E-state index is 13.9. The number of carbonyl (C=O) groups is 1. The van der Waals surface area contributed by atoms with Crippen molar-refractivity contribution in [1.29, 1.82) is 0 Å². The lowest BCUT2D eigenvalue weighted by molar-refractivity contribution is -0.137. The van der Waals surface area contributed by atoms with Crippen molar-refractivity contribution in [1.82, 2.24) is 14.9 Å². The van der Waals surface area contributed by atoms with Gasteiger partial charge in [-0.05, 0) is 73.5 Å². The Kier molecular flexibility index (Phi) is 8.04. The van der Waals surface area contributed by atoms with Crippen molar-refractivity contribution < 1.29 is 26.7 Å². The largest absolute Gasteiger partial charge is 0.416 e. The molecule has 5 aromatic rings. The predicted octanol–water partition coefficient (Wildman–Crippen LogP) is 8.09. The SMILES string of the molecule is Cc1ccc(C)n1-c1ccc(C(Cc2ccccc2)(NC(=O)Nc2cc(F)cc(F)c2)c2cccc(C(F)(F)F)c2)nc1. The van der Waals surface area contributed by atoms with Crippen molar-refractivity contribution in [3.05, 3.63) is 149 Å². The number of hydrogen-bond donors (Lipinski definition) is 2. The van der Waals surface area contributed by atoms with Gasteiger partial charge in [-0.3, -0.25) is 4.98 Å². The molecule has 0 aliphatic rings. The molecule has 0 saturated heterocycles. The maximum Gasteiger partial charge on any atom is 0.416 e. The minimum atomic E-state index is -4.66. The number of nitrogens with one attached hydrogen (secondary N) is 2. The van der Waals surface area contributed by atoms with Crippen molar-refractivity contribution in [3.63, 3.8) is 0 Å². The third-order valence-electron chi connectivity index (χ3n) is 7.16. The first-order valence-corrected chi connectivity index (χ1v) is 13.3. The quantitative estimate of drug-likeness (QED) is 0.188. The summed E-state index contributed by atoms with van der Waals surface area (Å²) < 4.78 is 71.4. The number of anilines is 1. The van der Waals surface area contributed by atoms with Crippen molar-refractivity contribution in [2.45, 2.75) is 32.0 Å². The molecule has 0 fully saturated rings. The van der Waals surface area contributed by atoms with Crippen LogP contribution in [0.2, 0.25) is 0 Å². The van der Waals surface area contributed by atoms with E-state index in [1.54, 1.807) is 48.7 Å². The molecule has 2 amide bonds. The number of urea groups is 1. The fourth-order valence-corrected chi connectivity index (χ4v) is 5.21. The van der Waals surface area contributed by atoms with Crippen LogP contribution in [0, 0.1) is 25.5 Å². The molecule has 43 heavy (non-hydrogen) atoms. The molecule has 5 rings (SSSR count). The van der Waals surface area contributed by atoms with E-state index in [1.807, 2.05) is 30.5 Å². The summed E-state index contributed by atoms with van der Waals surface area (Å²) in [4.78, 5) is 18.2. The molecule has 1 unspecified atom stereocenters. The van der Waals surface area contributed by atoms with E-state index in [2.05, 4.69) is 15.6 Å². The lowest BCUT2D eigenvalue weighted by atomic mass is 9.80. The van der Waals surface area contributed by atoms with Crippen molar-refractivity contribution in [2.24, 2.45) is 0 Å². The van der Waals surface area contributed by atoms with E-state index in [-0.39, 0.29) is 23.4 Å². The van der Waals surface area contributed by atoms with Crippen LogP contribution in [0.1, 0.15) is 33.8 Å². The van der Waals surface area contributed by atoms with E-state index < -0.39 is 34.9 Å². The van der Waals surface area contributed by atoms with E-state index in [4.69, 9.17) is 0 Å². The number of hydrogen-bond acceptors (Lipinski definition) is 2. The van der Waals surface area contributed by atoms with Gasteiger partial charge in [-0.15, -0.1) is 0 Å². The van der Waals surface area contributed by atoms with Gasteiger partial charge in [0, 0.05) is 29.6 Å². The predicted molar refractivity (Wildman–Crippen MR) is 154 cm³/mol. The highest BCUT2D eigenvalue weighted by atomic mass is 19.4. The average molecular weight is 591 g/mol. The van der Waals surface area contributed by atoms with Gasteiger partial charge < -0.3 is 15.2 Å². The third kappa shape index (κ3) is 6.43.